The van der Waals surface area contributed by atoms with Crippen molar-refractivity contribution in [1.29, 1.82) is 0 Å². The first kappa shape index (κ1) is 10.8. The molecule has 18 heavy (non-hydrogen) atoms. The van der Waals surface area contributed by atoms with Gasteiger partial charge in [0.05, 0.1) is 12.2 Å². The van der Waals surface area contributed by atoms with E-state index in [1.165, 1.54) is 0 Å². The highest BCUT2D eigenvalue weighted by Crippen LogP contribution is 2.18. The molecule has 0 bridgehead atoms. The second-order valence-corrected chi connectivity index (χ2v) is 4.20. The van der Waals surface area contributed by atoms with E-state index in [1.54, 1.807) is 6.20 Å². The standard InChI is InChI=1S/C13H12N4O/c18-10-6-8-17(9-10)13-5-4-12(15-16-13)11-3-1-2-7-14-11/h1-5,7H,6,8-9H2. The van der Waals surface area contributed by atoms with Gasteiger partial charge >= 0.3 is 0 Å². The highest BCUT2D eigenvalue weighted by atomic mass is 16.1. The van der Waals surface area contributed by atoms with Gasteiger partial charge in [0, 0.05) is 19.2 Å². The summed E-state index contributed by atoms with van der Waals surface area (Å²) in [5.74, 6) is 1.01. The van der Waals surface area contributed by atoms with Crippen LogP contribution in [0.3, 0.4) is 0 Å². The lowest BCUT2D eigenvalue weighted by Gasteiger charge is -2.14. The molecule has 5 nitrogen and oxygen atoms in total. The van der Waals surface area contributed by atoms with Crippen LogP contribution in [0.1, 0.15) is 6.42 Å². The zero-order chi connectivity index (χ0) is 12.4. The summed E-state index contributed by atoms with van der Waals surface area (Å²) in [4.78, 5) is 17.4. The van der Waals surface area contributed by atoms with Gasteiger partial charge in [0.1, 0.15) is 5.69 Å². The molecule has 0 spiro atoms. The number of hydrogen-bond donors (Lipinski definition) is 0. The molecule has 5 heteroatoms. The molecular formula is C13H12N4O. The van der Waals surface area contributed by atoms with Crippen molar-refractivity contribution in [3.63, 3.8) is 0 Å². The Labute approximate surface area is 104 Å². The van der Waals surface area contributed by atoms with Gasteiger partial charge in [-0.25, -0.2) is 0 Å². The Balaban J connectivity index is 1.83. The molecule has 0 aliphatic carbocycles. The van der Waals surface area contributed by atoms with Crippen LogP contribution in [0, 0.1) is 0 Å². The number of aromatic nitrogens is 3. The molecule has 0 atom stereocenters. The first-order chi connectivity index (χ1) is 8.83. The number of Topliss-reactive ketones (excluding diaryl/α,β-unsaturated/α-hetero) is 1. The topological polar surface area (TPSA) is 59.0 Å². The van der Waals surface area contributed by atoms with Gasteiger partial charge in [-0.2, -0.15) is 0 Å². The van der Waals surface area contributed by atoms with Crippen LogP contribution in [0.5, 0.6) is 0 Å². The van der Waals surface area contributed by atoms with Crippen molar-refractivity contribution >= 4 is 11.6 Å². The second kappa shape index (κ2) is 4.52. The Bertz CT molecular complexity index is 553. The molecule has 1 saturated heterocycles. The third-order valence-corrected chi connectivity index (χ3v) is 2.93. The van der Waals surface area contributed by atoms with E-state index < -0.39 is 0 Å². The Morgan fingerprint density at radius 3 is 2.61 bits per heavy atom. The molecule has 3 rings (SSSR count). The Kier molecular flexibility index (Phi) is 2.72. The maximum atomic E-state index is 11.2. The van der Waals surface area contributed by atoms with Gasteiger partial charge in [-0.05, 0) is 24.3 Å². The number of ketones is 1. The fourth-order valence-corrected chi connectivity index (χ4v) is 1.97. The van der Waals surface area contributed by atoms with Crippen molar-refractivity contribution in [2.75, 3.05) is 18.0 Å². The number of nitrogens with zero attached hydrogens (tertiary/aromatic N) is 4. The summed E-state index contributed by atoms with van der Waals surface area (Å²) in [6.45, 7) is 1.17. The van der Waals surface area contributed by atoms with Gasteiger partial charge in [-0.1, -0.05) is 6.07 Å². The Hall–Kier alpha value is -2.30. The van der Waals surface area contributed by atoms with Gasteiger partial charge in [0.2, 0.25) is 0 Å². The Morgan fingerprint density at radius 2 is 2.00 bits per heavy atom. The number of carbonyl (C=O) groups is 1. The van der Waals surface area contributed by atoms with Crippen LogP contribution in [-0.4, -0.2) is 34.1 Å². The molecule has 0 N–H and O–H groups in total. The van der Waals surface area contributed by atoms with Crippen molar-refractivity contribution in [2.45, 2.75) is 6.42 Å². The predicted molar refractivity (Wildman–Crippen MR) is 67.1 cm³/mol. The highest BCUT2D eigenvalue weighted by Gasteiger charge is 2.20. The number of pyridine rings is 1. The van der Waals surface area contributed by atoms with Crippen molar-refractivity contribution in [3.8, 4) is 11.4 Å². The summed E-state index contributed by atoms with van der Waals surface area (Å²) in [6.07, 6.45) is 2.33. The van der Waals surface area contributed by atoms with Crippen LogP contribution in [-0.2, 0) is 4.79 Å². The zero-order valence-electron chi connectivity index (χ0n) is 9.78. The number of anilines is 1. The monoisotopic (exact) mass is 240 g/mol. The predicted octanol–water partition coefficient (Wildman–Crippen LogP) is 1.32. The minimum absolute atomic E-state index is 0.255. The first-order valence-corrected chi connectivity index (χ1v) is 5.85. The molecule has 0 radical (unpaired) electrons. The fourth-order valence-electron chi connectivity index (χ4n) is 1.97. The minimum atomic E-state index is 0.255. The van der Waals surface area contributed by atoms with Gasteiger partial charge < -0.3 is 4.90 Å². The number of carbonyl (C=O) groups excluding carboxylic acids is 1. The van der Waals surface area contributed by atoms with Crippen molar-refractivity contribution in [1.82, 2.24) is 15.2 Å². The summed E-state index contributed by atoms with van der Waals surface area (Å²) in [6, 6.07) is 9.43. The number of rotatable bonds is 2. The molecule has 0 unspecified atom stereocenters. The SMILES string of the molecule is O=C1CCN(c2ccc(-c3ccccn3)nn2)C1. The lowest BCUT2D eigenvalue weighted by molar-refractivity contribution is -0.116. The Morgan fingerprint density at radius 1 is 1.06 bits per heavy atom. The summed E-state index contributed by atoms with van der Waals surface area (Å²) in [7, 11) is 0. The first-order valence-electron chi connectivity index (χ1n) is 5.85. The average molecular weight is 240 g/mol. The lowest BCUT2D eigenvalue weighted by Crippen LogP contribution is -2.21. The maximum absolute atomic E-state index is 11.2. The van der Waals surface area contributed by atoms with Crippen LogP contribution >= 0.6 is 0 Å². The van der Waals surface area contributed by atoms with Gasteiger partial charge in [0.15, 0.2) is 11.6 Å². The van der Waals surface area contributed by atoms with E-state index in [0.717, 1.165) is 23.8 Å². The molecule has 0 saturated carbocycles. The summed E-state index contributed by atoms with van der Waals surface area (Å²) < 4.78 is 0. The lowest BCUT2D eigenvalue weighted by atomic mass is 10.2. The largest absolute Gasteiger partial charge is 0.347 e. The van der Waals surface area contributed by atoms with Crippen LogP contribution in [0.15, 0.2) is 36.5 Å². The molecule has 2 aromatic rings. The quantitative estimate of drug-likeness (QED) is 0.792. The molecule has 0 amide bonds. The maximum Gasteiger partial charge on any atom is 0.153 e. The molecule has 3 heterocycles. The third-order valence-electron chi connectivity index (χ3n) is 2.93. The summed E-state index contributed by atoms with van der Waals surface area (Å²) in [5.41, 5.74) is 1.54. The highest BCUT2D eigenvalue weighted by molar-refractivity contribution is 5.86. The van der Waals surface area contributed by atoms with Gasteiger partial charge in [-0.15, -0.1) is 10.2 Å². The van der Waals surface area contributed by atoms with E-state index in [1.807, 2.05) is 35.2 Å². The summed E-state index contributed by atoms with van der Waals surface area (Å²) >= 11 is 0. The molecule has 0 aromatic carbocycles. The molecule has 90 valence electrons. The molecule has 1 aliphatic heterocycles. The molecule has 1 aliphatic rings. The zero-order valence-corrected chi connectivity index (χ0v) is 9.78. The van der Waals surface area contributed by atoms with Gasteiger partial charge in [-0.3, -0.25) is 9.78 Å². The van der Waals surface area contributed by atoms with Crippen LogP contribution in [0.2, 0.25) is 0 Å². The van der Waals surface area contributed by atoms with E-state index in [0.29, 0.717) is 13.0 Å². The third kappa shape index (κ3) is 2.07. The van der Waals surface area contributed by atoms with Crippen LogP contribution in [0.25, 0.3) is 11.4 Å². The molecular weight excluding hydrogens is 228 g/mol. The van der Waals surface area contributed by atoms with E-state index in [9.17, 15) is 4.79 Å². The second-order valence-electron chi connectivity index (χ2n) is 4.20. The fraction of sp³-hybridized carbons (Fsp3) is 0.231. The average Bonchev–Trinajstić information content (AvgIpc) is 2.87. The smallest absolute Gasteiger partial charge is 0.153 e. The van der Waals surface area contributed by atoms with Crippen LogP contribution < -0.4 is 4.90 Å². The molecule has 2 aromatic heterocycles. The van der Waals surface area contributed by atoms with E-state index in [-0.39, 0.29) is 5.78 Å². The van der Waals surface area contributed by atoms with Crippen molar-refractivity contribution in [3.05, 3.63) is 36.5 Å². The van der Waals surface area contributed by atoms with E-state index in [2.05, 4.69) is 15.2 Å². The van der Waals surface area contributed by atoms with Gasteiger partial charge in [0.25, 0.3) is 0 Å². The van der Waals surface area contributed by atoms with E-state index in [4.69, 9.17) is 0 Å². The van der Waals surface area contributed by atoms with E-state index >= 15 is 0 Å². The van der Waals surface area contributed by atoms with Crippen molar-refractivity contribution < 1.29 is 4.79 Å². The van der Waals surface area contributed by atoms with Crippen LogP contribution in [0.4, 0.5) is 5.82 Å². The summed E-state index contributed by atoms with van der Waals surface area (Å²) in [5, 5.41) is 8.31. The number of hydrogen-bond acceptors (Lipinski definition) is 5. The normalized spacial score (nSPS) is 15.1. The minimum Gasteiger partial charge on any atom is -0.347 e. The van der Waals surface area contributed by atoms with Crippen molar-refractivity contribution in [2.24, 2.45) is 0 Å². The molecule has 1 fully saturated rings.